The first-order chi connectivity index (χ1) is 7.72. The van der Waals surface area contributed by atoms with Crippen molar-refractivity contribution >= 4 is 17.2 Å². The minimum Gasteiger partial charge on any atom is -0.772 e. The van der Waals surface area contributed by atoms with Gasteiger partial charge in [0.15, 0.2) is 0 Å². The van der Waals surface area contributed by atoms with Gasteiger partial charge in [0.05, 0.1) is 5.54 Å². The predicted molar refractivity (Wildman–Crippen MR) is 64.4 cm³/mol. The van der Waals surface area contributed by atoms with Crippen molar-refractivity contribution in [2.75, 3.05) is 5.75 Å². The van der Waals surface area contributed by atoms with Crippen molar-refractivity contribution in [1.82, 2.24) is 5.32 Å². The Labute approximate surface area is 133 Å². The maximum absolute atomic E-state index is 11.7. The van der Waals surface area contributed by atoms with E-state index in [4.69, 9.17) is 4.74 Å². The fourth-order valence-electron chi connectivity index (χ4n) is 2.10. The maximum atomic E-state index is 11.7. The van der Waals surface area contributed by atoms with Crippen LogP contribution in [0.25, 0.3) is 0 Å². The second-order valence-corrected chi connectivity index (χ2v) is 6.46. The van der Waals surface area contributed by atoms with Gasteiger partial charge in [-0.15, -0.1) is 0 Å². The van der Waals surface area contributed by atoms with Crippen LogP contribution >= 0.6 is 0 Å². The van der Waals surface area contributed by atoms with Gasteiger partial charge < -0.3 is 14.6 Å². The third-order valence-electron chi connectivity index (χ3n) is 2.72. The van der Waals surface area contributed by atoms with E-state index >= 15 is 0 Å². The number of nitrogens with one attached hydrogen (secondary N) is 1. The summed E-state index contributed by atoms with van der Waals surface area (Å²) in [6.45, 7) is 5.33. The largest absolute Gasteiger partial charge is 1.00 e. The molecule has 1 amide bonds. The van der Waals surface area contributed by atoms with Gasteiger partial charge in [0, 0.05) is 5.75 Å². The summed E-state index contributed by atoms with van der Waals surface area (Å²) in [6, 6.07) is 0. The second-order valence-electron chi connectivity index (χ2n) is 5.56. The molecule has 0 spiro atoms. The zero-order valence-corrected chi connectivity index (χ0v) is 14.4. The zero-order chi connectivity index (χ0) is 13.1. The summed E-state index contributed by atoms with van der Waals surface area (Å²) >= 11 is -2.15. The molecule has 0 aromatic carbocycles. The maximum Gasteiger partial charge on any atom is 1.00 e. The van der Waals surface area contributed by atoms with Gasteiger partial charge in [-0.2, -0.15) is 0 Å². The molecule has 1 aliphatic carbocycles. The Morgan fingerprint density at radius 1 is 1.39 bits per heavy atom. The molecule has 1 atom stereocenters. The Kier molecular flexibility index (Phi) is 7.39. The van der Waals surface area contributed by atoms with Crippen LogP contribution in [0.2, 0.25) is 0 Å². The van der Waals surface area contributed by atoms with Gasteiger partial charge in [-0.25, -0.2) is 4.79 Å². The summed E-state index contributed by atoms with van der Waals surface area (Å²) in [4.78, 5) is 11.7. The van der Waals surface area contributed by atoms with Crippen LogP contribution in [0.3, 0.4) is 0 Å². The smallest absolute Gasteiger partial charge is 0.772 e. The van der Waals surface area contributed by atoms with Gasteiger partial charge in [-0.1, -0.05) is 23.9 Å². The topological polar surface area (TPSA) is 78.5 Å². The number of alkyl carbamates (subject to hydrolysis) is 1. The minimum absolute atomic E-state index is 0. The third-order valence-corrected chi connectivity index (χ3v) is 3.51. The van der Waals surface area contributed by atoms with E-state index in [9.17, 15) is 13.6 Å². The van der Waals surface area contributed by atoms with E-state index in [2.05, 4.69) is 5.32 Å². The molecule has 1 unspecified atom stereocenters. The molecule has 1 fully saturated rings. The minimum atomic E-state index is -2.15. The average Bonchev–Trinajstić information content (AvgIpc) is 2.47. The van der Waals surface area contributed by atoms with E-state index in [0.717, 1.165) is 12.8 Å². The van der Waals surface area contributed by atoms with Gasteiger partial charge in [-0.05, 0) is 33.6 Å². The number of ether oxygens (including phenoxy) is 1. The Morgan fingerprint density at radius 3 is 2.28 bits per heavy atom. The first-order valence-corrected chi connectivity index (χ1v) is 7.04. The zero-order valence-electron chi connectivity index (χ0n) is 11.6. The molecule has 0 heterocycles. The van der Waals surface area contributed by atoms with Crippen molar-refractivity contribution in [2.24, 2.45) is 0 Å². The van der Waals surface area contributed by atoms with E-state index < -0.39 is 28.3 Å². The van der Waals surface area contributed by atoms with Crippen LogP contribution in [-0.2, 0) is 15.8 Å². The first kappa shape index (κ1) is 18.4. The molecule has 0 radical (unpaired) electrons. The molecule has 1 rings (SSSR count). The normalized spacial score (nSPS) is 19.8. The molecule has 5 nitrogen and oxygen atoms in total. The Bertz CT molecular complexity index is 311. The van der Waals surface area contributed by atoms with E-state index in [1.165, 1.54) is 0 Å². The summed E-state index contributed by atoms with van der Waals surface area (Å²) in [5.41, 5.74) is -1.20. The molecule has 1 saturated carbocycles. The summed E-state index contributed by atoms with van der Waals surface area (Å²) in [5, 5.41) is 2.73. The quantitative estimate of drug-likeness (QED) is 0.517. The van der Waals surface area contributed by atoms with Gasteiger partial charge in [0.1, 0.15) is 5.60 Å². The van der Waals surface area contributed by atoms with Crippen LogP contribution in [0.4, 0.5) is 4.79 Å². The molecule has 0 saturated heterocycles. The van der Waals surface area contributed by atoms with Crippen molar-refractivity contribution in [3.63, 3.8) is 0 Å². The summed E-state index contributed by atoms with van der Waals surface area (Å²) in [5.74, 6) is -0.0355. The van der Waals surface area contributed by atoms with E-state index in [0.29, 0.717) is 12.8 Å². The van der Waals surface area contributed by atoms with Crippen LogP contribution < -0.4 is 34.9 Å². The SMILES string of the molecule is CC(C)(C)OC(=O)NC1(CS(=O)[O-])CCCC1.[Na+]. The van der Waals surface area contributed by atoms with Crippen molar-refractivity contribution in [3.05, 3.63) is 0 Å². The van der Waals surface area contributed by atoms with Crippen LogP contribution in [0.1, 0.15) is 46.5 Å². The standard InChI is InChI=1S/C11H21NO4S.Na/c1-10(2,3)16-9(13)12-11(8-17(14)15)6-4-5-7-11;/h4-8H2,1-3H3,(H,12,13)(H,14,15);/q;+1/p-1. The molecular formula is C11H20NNaO4S. The summed E-state index contributed by atoms with van der Waals surface area (Å²) in [7, 11) is 0. The van der Waals surface area contributed by atoms with Crippen molar-refractivity contribution < 1.29 is 47.9 Å². The van der Waals surface area contributed by atoms with Crippen molar-refractivity contribution in [3.8, 4) is 0 Å². The summed E-state index contributed by atoms with van der Waals surface area (Å²) in [6.07, 6.45) is 2.73. The average molecular weight is 285 g/mol. The Hall–Kier alpha value is 0.380. The van der Waals surface area contributed by atoms with Crippen molar-refractivity contribution in [1.29, 1.82) is 0 Å². The monoisotopic (exact) mass is 285 g/mol. The van der Waals surface area contributed by atoms with Crippen LogP contribution in [0.5, 0.6) is 0 Å². The van der Waals surface area contributed by atoms with Crippen LogP contribution in [-0.4, -0.2) is 31.7 Å². The Balaban J connectivity index is 0.00000289. The fourth-order valence-corrected chi connectivity index (χ4v) is 2.91. The predicted octanol–water partition coefficient (Wildman–Crippen LogP) is -1.29. The molecule has 1 aliphatic rings. The molecule has 0 aromatic rings. The van der Waals surface area contributed by atoms with E-state index in [1.54, 1.807) is 20.8 Å². The van der Waals surface area contributed by atoms with Gasteiger partial charge >= 0.3 is 35.7 Å². The molecule has 1 N–H and O–H groups in total. The molecular weight excluding hydrogens is 265 g/mol. The van der Waals surface area contributed by atoms with Gasteiger partial charge in [0.2, 0.25) is 0 Å². The number of hydrogen-bond acceptors (Lipinski definition) is 4. The van der Waals surface area contributed by atoms with Crippen molar-refractivity contribution in [2.45, 2.75) is 57.6 Å². The van der Waals surface area contributed by atoms with Gasteiger partial charge in [-0.3, -0.25) is 4.21 Å². The number of carbonyl (C=O) groups is 1. The van der Waals surface area contributed by atoms with E-state index in [-0.39, 0.29) is 35.3 Å². The Morgan fingerprint density at radius 2 is 1.89 bits per heavy atom. The molecule has 18 heavy (non-hydrogen) atoms. The molecule has 100 valence electrons. The summed E-state index contributed by atoms with van der Waals surface area (Å²) < 4.78 is 26.8. The molecule has 0 bridgehead atoms. The number of hydrogen-bond donors (Lipinski definition) is 1. The molecule has 0 aromatic heterocycles. The second kappa shape index (κ2) is 7.24. The molecule has 7 heteroatoms. The number of rotatable bonds is 3. The van der Waals surface area contributed by atoms with Crippen LogP contribution in [0.15, 0.2) is 0 Å². The van der Waals surface area contributed by atoms with E-state index in [1.807, 2.05) is 0 Å². The number of amides is 1. The number of carbonyl (C=O) groups excluding carboxylic acids is 1. The van der Waals surface area contributed by atoms with Crippen LogP contribution in [0, 0.1) is 0 Å². The van der Waals surface area contributed by atoms with Gasteiger partial charge in [0.25, 0.3) is 0 Å². The molecule has 0 aliphatic heterocycles. The fraction of sp³-hybridized carbons (Fsp3) is 0.909. The third kappa shape index (κ3) is 6.52. The first-order valence-electron chi connectivity index (χ1n) is 5.80.